The Labute approximate surface area is 123 Å². The van der Waals surface area contributed by atoms with Crippen molar-refractivity contribution in [3.05, 3.63) is 48.2 Å². The number of guanidine groups is 1. The lowest BCUT2D eigenvalue weighted by Gasteiger charge is -2.07. The molecule has 0 amide bonds. The van der Waals surface area contributed by atoms with E-state index in [1.807, 2.05) is 36.4 Å². The van der Waals surface area contributed by atoms with Crippen LogP contribution >= 0.6 is 0 Å². The third-order valence-electron chi connectivity index (χ3n) is 2.80. The molecule has 1 heterocycles. The van der Waals surface area contributed by atoms with Crippen LogP contribution in [0.2, 0.25) is 0 Å². The van der Waals surface area contributed by atoms with Crippen molar-refractivity contribution in [1.82, 2.24) is 4.98 Å². The molecule has 0 radical (unpaired) electrons. The highest BCUT2D eigenvalue weighted by Gasteiger charge is 1.98. The molecule has 0 aliphatic rings. The Morgan fingerprint density at radius 1 is 1.19 bits per heavy atom. The molecule has 0 saturated carbocycles. The Bertz CT molecular complexity index is 611. The van der Waals surface area contributed by atoms with Crippen LogP contribution in [0.1, 0.15) is 5.56 Å². The van der Waals surface area contributed by atoms with Gasteiger partial charge in [-0.15, -0.1) is 0 Å². The quantitative estimate of drug-likeness (QED) is 0.649. The molecule has 3 N–H and O–H groups in total. The van der Waals surface area contributed by atoms with Gasteiger partial charge in [-0.05, 0) is 35.9 Å². The van der Waals surface area contributed by atoms with E-state index in [9.17, 15) is 0 Å². The first-order valence-electron chi connectivity index (χ1n) is 6.41. The molecule has 0 bridgehead atoms. The Morgan fingerprint density at radius 2 is 1.95 bits per heavy atom. The molecule has 110 valence electrons. The number of methoxy groups -OCH3 is 2. The van der Waals surface area contributed by atoms with Gasteiger partial charge in [0, 0.05) is 18.0 Å². The zero-order valence-corrected chi connectivity index (χ0v) is 12.0. The number of nitrogens with two attached hydrogens (primary N) is 1. The van der Waals surface area contributed by atoms with Crippen LogP contribution in [0, 0.1) is 0 Å². The van der Waals surface area contributed by atoms with Crippen molar-refractivity contribution < 1.29 is 9.47 Å². The van der Waals surface area contributed by atoms with Gasteiger partial charge in [0.05, 0.1) is 20.8 Å². The summed E-state index contributed by atoms with van der Waals surface area (Å²) in [5, 5.41) is 3.02. The Balaban J connectivity index is 1.96. The van der Waals surface area contributed by atoms with Gasteiger partial charge in [0.25, 0.3) is 0 Å². The van der Waals surface area contributed by atoms with Crippen LogP contribution in [0.4, 0.5) is 5.69 Å². The highest BCUT2D eigenvalue weighted by atomic mass is 16.5. The smallest absolute Gasteiger partial charge is 0.213 e. The fourth-order valence-corrected chi connectivity index (χ4v) is 1.70. The number of anilines is 1. The van der Waals surface area contributed by atoms with Gasteiger partial charge in [-0.25, -0.2) is 9.98 Å². The van der Waals surface area contributed by atoms with E-state index in [2.05, 4.69) is 15.3 Å². The number of nitrogens with zero attached hydrogens (tertiary/aromatic N) is 2. The Morgan fingerprint density at radius 3 is 2.62 bits per heavy atom. The second kappa shape index (κ2) is 7.14. The number of aromatic nitrogens is 1. The van der Waals surface area contributed by atoms with Crippen LogP contribution in [0.3, 0.4) is 0 Å². The number of pyridine rings is 1. The van der Waals surface area contributed by atoms with Gasteiger partial charge in [-0.2, -0.15) is 0 Å². The molecule has 0 saturated heterocycles. The normalized spacial score (nSPS) is 11.0. The van der Waals surface area contributed by atoms with Crippen LogP contribution in [-0.2, 0) is 6.54 Å². The summed E-state index contributed by atoms with van der Waals surface area (Å²) in [6, 6.07) is 11.1. The zero-order chi connectivity index (χ0) is 15.1. The predicted molar refractivity (Wildman–Crippen MR) is 82.7 cm³/mol. The highest BCUT2D eigenvalue weighted by molar-refractivity contribution is 5.92. The third kappa shape index (κ3) is 4.38. The molecule has 6 nitrogen and oxygen atoms in total. The first-order chi connectivity index (χ1) is 10.2. The molecular formula is C15H18N4O2. The molecule has 0 aliphatic carbocycles. The predicted octanol–water partition coefficient (Wildman–Crippen LogP) is 2.03. The summed E-state index contributed by atoms with van der Waals surface area (Å²) in [7, 11) is 3.20. The highest BCUT2D eigenvalue weighted by Crippen LogP contribution is 2.15. The van der Waals surface area contributed by atoms with E-state index < -0.39 is 0 Å². The molecule has 6 heteroatoms. The summed E-state index contributed by atoms with van der Waals surface area (Å²) in [6.07, 6.45) is 1.68. The zero-order valence-electron chi connectivity index (χ0n) is 12.0. The second-order valence-electron chi connectivity index (χ2n) is 4.26. The Kier molecular flexibility index (Phi) is 4.98. The molecule has 2 aromatic rings. The molecule has 1 aromatic carbocycles. The minimum absolute atomic E-state index is 0.343. The lowest BCUT2D eigenvalue weighted by Crippen LogP contribution is -2.22. The molecule has 2 rings (SSSR count). The molecule has 21 heavy (non-hydrogen) atoms. The monoisotopic (exact) mass is 286 g/mol. The fraction of sp³-hybridized carbons (Fsp3) is 0.200. The average Bonchev–Trinajstić information content (AvgIpc) is 2.54. The number of aliphatic imine (C=N–C) groups is 1. The lowest BCUT2D eigenvalue weighted by atomic mass is 10.3. The van der Waals surface area contributed by atoms with Crippen LogP contribution in [0.25, 0.3) is 0 Å². The molecule has 0 spiro atoms. The van der Waals surface area contributed by atoms with Crippen molar-refractivity contribution >= 4 is 11.6 Å². The standard InChI is InChI=1S/C15H18N4O2/c1-20-13-5-3-12(4-6-13)19-15(16)18-10-11-7-8-17-14(9-11)21-2/h3-9H,10H2,1-2H3,(H3,16,18,19). The Hall–Kier alpha value is -2.76. The van der Waals surface area contributed by atoms with Crippen molar-refractivity contribution in [3.8, 4) is 11.6 Å². The van der Waals surface area contributed by atoms with Gasteiger partial charge in [0.1, 0.15) is 5.75 Å². The van der Waals surface area contributed by atoms with Crippen molar-refractivity contribution in [1.29, 1.82) is 0 Å². The number of ether oxygens (including phenoxy) is 2. The number of benzene rings is 1. The van der Waals surface area contributed by atoms with Gasteiger partial charge in [-0.1, -0.05) is 0 Å². The van der Waals surface area contributed by atoms with Gasteiger partial charge >= 0.3 is 0 Å². The van der Waals surface area contributed by atoms with E-state index in [0.29, 0.717) is 18.4 Å². The number of hydrogen-bond donors (Lipinski definition) is 2. The molecule has 0 unspecified atom stereocenters. The first kappa shape index (κ1) is 14.6. The van der Waals surface area contributed by atoms with Crippen molar-refractivity contribution in [3.63, 3.8) is 0 Å². The largest absolute Gasteiger partial charge is 0.497 e. The summed E-state index contributed by atoms with van der Waals surface area (Å²) in [5.41, 5.74) is 7.68. The number of rotatable bonds is 5. The molecular weight excluding hydrogens is 268 g/mol. The van der Waals surface area contributed by atoms with Crippen LogP contribution in [0.5, 0.6) is 11.6 Å². The van der Waals surface area contributed by atoms with E-state index in [0.717, 1.165) is 17.0 Å². The molecule has 0 fully saturated rings. The van der Waals surface area contributed by atoms with Gasteiger partial charge < -0.3 is 20.5 Å². The van der Waals surface area contributed by atoms with Gasteiger partial charge in [-0.3, -0.25) is 0 Å². The van der Waals surface area contributed by atoms with E-state index in [1.165, 1.54) is 0 Å². The van der Waals surface area contributed by atoms with Gasteiger partial charge in [0.15, 0.2) is 5.96 Å². The van der Waals surface area contributed by atoms with Crippen molar-refractivity contribution in [2.45, 2.75) is 6.54 Å². The van der Waals surface area contributed by atoms with Crippen LogP contribution in [-0.4, -0.2) is 25.2 Å². The number of hydrogen-bond acceptors (Lipinski definition) is 4. The van der Waals surface area contributed by atoms with E-state index >= 15 is 0 Å². The lowest BCUT2D eigenvalue weighted by molar-refractivity contribution is 0.397. The van der Waals surface area contributed by atoms with Crippen molar-refractivity contribution in [2.24, 2.45) is 10.7 Å². The third-order valence-corrected chi connectivity index (χ3v) is 2.80. The summed E-state index contributed by atoms with van der Waals surface area (Å²) in [5.74, 6) is 1.69. The minimum Gasteiger partial charge on any atom is -0.497 e. The first-order valence-corrected chi connectivity index (χ1v) is 6.41. The van der Waals surface area contributed by atoms with E-state index in [1.54, 1.807) is 20.4 Å². The second-order valence-corrected chi connectivity index (χ2v) is 4.26. The average molecular weight is 286 g/mol. The minimum atomic E-state index is 0.343. The summed E-state index contributed by atoms with van der Waals surface area (Å²) in [6.45, 7) is 0.452. The summed E-state index contributed by atoms with van der Waals surface area (Å²) >= 11 is 0. The van der Waals surface area contributed by atoms with Gasteiger partial charge in [0.2, 0.25) is 5.88 Å². The number of nitrogens with one attached hydrogen (secondary N) is 1. The maximum absolute atomic E-state index is 5.86. The molecule has 0 aliphatic heterocycles. The van der Waals surface area contributed by atoms with E-state index in [4.69, 9.17) is 15.2 Å². The van der Waals surface area contributed by atoms with Crippen molar-refractivity contribution in [2.75, 3.05) is 19.5 Å². The van der Waals surface area contributed by atoms with Crippen LogP contribution in [0.15, 0.2) is 47.6 Å². The SMILES string of the molecule is COc1ccc(NC(N)=NCc2ccnc(OC)c2)cc1. The summed E-state index contributed by atoms with van der Waals surface area (Å²) < 4.78 is 10.2. The molecule has 0 atom stereocenters. The fourth-order valence-electron chi connectivity index (χ4n) is 1.70. The maximum Gasteiger partial charge on any atom is 0.213 e. The summed E-state index contributed by atoms with van der Waals surface area (Å²) in [4.78, 5) is 8.32. The molecule has 1 aromatic heterocycles. The van der Waals surface area contributed by atoms with Crippen LogP contribution < -0.4 is 20.5 Å². The van der Waals surface area contributed by atoms with E-state index in [-0.39, 0.29) is 0 Å². The topological polar surface area (TPSA) is 81.8 Å². The maximum atomic E-state index is 5.86.